The number of pyridine rings is 1. The Morgan fingerprint density at radius 1 is 0.815 bits per heavy atom. The van der Waals surface area contributed by atoms with Crippen molar-refractivity contribution in [3.8, 4) is 11.1 Å². The zero-order chi connectivity index (χ0) is 18.9. The van der Waals surface area contributed by atoms with Gasteiger partial charge < -0.3 is 0 Å². The van der Waals surface area contributed by atoms with Crippen molar-refractivity contribution in [2.24, 2.45) is 0 Å². The molecule has 0 aliphatic rings. The van der Waals surface area contributed by atoms with Crippen LogP contribution in [0.3, 0.4) is 0 Å². The molecule has 0 radical (unpaired) electrons. The number of aromatic nitrogens is 1. The summed E-state index contributed by atoms with van der Waals surface area (Å²) in [6.45, 7) is 0. The predicted molar refractivity (Wildman–Crippen MR) is 104 cm³/mol. The van der Waals surface area contributed by atoms with Crippen molar-refractivity contribution in [2.45, 2.75) is 10.8 Å². The van der Waals surface area contributed by atoms with E-state index in [2.05, 4.69) is 4.98 Å². The van der Waals surface area contributed by atoms with Crippen molar-refractivity contribution < 1.29 is 12.8 Å². The predicted octanol–water partition coefficient (Wildman–Crippen LogP) is 5.01. The molecule has 27 heavy (non-hydrogen) atoms. The molecule has 0 saturated carbocycles. The number of nitrogens with zero attached hydrogens (tertiary/aromatic N) is 1. The standard InChI is InChI=1S/C22H16FNO2S/c23-21-13-22(27(25,26)15-16-6-2-1-3-7-16)24-14-20(21)19-11-10-17-8-4-5-9-18(17)12-19/h1-14H,15H2. The molecule has 0 bridgehead atoms. The van der Waals surface area contributed by atoms with Crippen molar-refractivity contribution in [3.63, 3.8) is 0 Å². The molecule has 134 valence electrons. The van der Waals surface area contributed by atoms with E-state index in [0.717, 1.165) is 16.8 Å². The van der Waals surface area contributed by atoms with E-state index in [0.29, 0.717) is 11.1 Å². The Labute approximate surface area is 157 Å². The molecule has 0 atom stereocenters. The second-order valence-electron chi connectivity index (χ2n) is 6.31. The normalized spacial score (nSPS) is 11.6. The fraction of sp³-hybridized carbons (Fsp3) is 0.0455. The smallest absolute Gasteiger partial charge is 0.199 e. The largest absolute Gasteiger partial charge is 0.244 e. The lowest BCUT2D eigenvalue weighted by atomic mass is 10.0. The lowest BCUT2D eigenvalue weighted by Crippen LogP contribution is -2.08. The Morgan fingerprint density at radius 3 is 2.26 bits per heavy atom. The van der Waals surface area contributed by atoms with Crippen LogP contribution in [-0.4, -0.2) is 13.4 Å². The van der Waals surface area contributed by atoms with Gasteiger partial charge in [-0.2, -0.15) is 0 Å². The van der Waals surface area contributed by atoms with Crippen molar-refractivity contribution in [1.29, 1.82) is 0 Å². The Bertz CT molecular complexity index is 1220. The summed E-state index contributed by atoms with van der Waals surface area (Å²) in [5.41, 5.74) is 1.57. The highest BCUT2D eigenvalue weighted by Gasteiger charge is 2.19. The minimum absolute atomic E-state index is 0.213. The second-order valence-corrected chi connectivity index (χ2v) is 8.25. The number of sulfone groups is 1. The summed E-state index contributed by atoms with van der Waals surface area (Å²) in [6.07, 6.45) is 1.29. The summed E-state index contributed by atoms with van der Waals surface area (Å²) < 4.78 is 39.8. The molecular formula is C22H16FNO2S. The lowest BCUT2D eigenvalue weighted by molar-refractivity contribution is 0.585. The quantitative estimate of drug-likeness (QED) is 0.502. The van der Waals surface area contributed by atoms with E-state index in [9.17, 15) is 12.8 Å². The summed E-state index contributed by atoms with van der Waals surface area (Å²) in [4.78, 5) is 4.04. The van der Waals surface area contributed by atoms with Crippen molar-refractivity contribution in [1.82, 2.24) is 4.98 Å². The number of fused-ring (bicyclic) bond motifs is 1. The van der Waals surface area contributed by atoms with E-state index in [4.69, 9.17) is 0 Å². The zero-order valence-corrected chi connectivity index (χ0v) is 15.2. The third-order valence-electron chi connectivity index (χ3n) is 4.41. The number of halogens is 1. The highest BCUT2D eigenvalue weighted by atomic mass is 32.2. The molecule has 0 amide bonds. The maximum absolute atomic E-state index is 14.7. The van der Waals surface area contributed by atoms with Crippen LogP contribution in [0.2, 0.25) is 0 Å². The molecule has 0 unspecified atom stereocenters. The maximum atomic E-state index is 14.7. The van der Waals surface area contributed by atoms with Gasteiger partial charge >= 0.3 is 0 Å². The zero-order valence-electron chi connectivity index (χ0n) is 14.3. The van der Waals surface area contributed by atoms with E-state index in [1.165, 1.54) is 6.20 Å². The minimum Gasteiger partial charge on any atom is -0.244 e. The first kappa shape index (κ1) is 17.4. The Hall–Kier alpha value is -3.05. The van der Waals surface area contributed by atoms with E-state index in [1.807, 2.05) is 42.5 Å². The summed E-state index contributed by atoms with van der Waals surface area (Å²) in [5, 5.41) is 1.78. The fourth-order valence-corrected chi connectivity index (χ4v) is 4.30. The molecule has 3 aromatic carbocycles. The molecule has 0 saturated heterocycles. The average Bonchev–Trinajstić information content (AvgIpc) is 2.68. The number of hydrogen-bond donors (Lipinski definition) is 0. The van der Waals surface area contributed by atoms with Crippen molar-refractivity contribution in [2.75, 3.05) is 0 Å². The van der Waals surface area contributed by atoms with Gasteiger partial charge in [0.2, 0.25) is 0 Å². The Kier molecular flexibility index (Phi) is 4.46. The molecule has 0 fully saturated rings. The lowest BCUT2D eigenvalue weighted by Gasteiger charge is -2.08. The fourth-order valence-electron chi connectivity index (χ4n) is 3.02. The molecule has 0 spiro atoms. The van der Waals surface area contributed by atoms with Crippen LogP contribution >= 0.6 is 0 Å². The van der Waals surface area contributed by atoms with E-state index in [1.54, 1.807) is 30.3 Å². The molecule has 4 aromatic rings. The summed E-state index contributed by atoms with van der Waals surface area (Å²) in [6, 6.07) is 23.2. The number of rotatable bonds is 4. The SMILES string of the molecule is O=S(=O)(Cc1ccccc1)c1cc(F)c(-c2ccc3ccccc3c2)cn1. The second kappa shape index (κ2) is 6.93. The first-order valence-corrected chi connectivity index (χ1v) is 10.1. The molecule has 4 rings (SSSR count). The number of benzene rings is 3. The van der Waals surface area contributed by atoms with E-state index >= 15 is 0 Å². The molecule has 1 aromatic heterocycles. The molecule has 0 aliphatic carbocycles. The van der Waals surface area contributed by atoms with E-state index in [-0.39, 0.29) is 16.3 Å². The van der Waals surface area contributed by atoms with Crippen molar-refractivity contribution >= 4 is 20.6 Å². The number of hydrogen-bond acceptors (Lipinski definition) is 3. The summed E-state index contributed by atoms with van der Waals surface area (Å²) in [7, 11) is -3.72. The average molecular weight is 377 g/mol. The van der Waals surface area contributed by atoms with Gasteiger partial charge in [-0.1, -0.05) is 66.7 Å². The van der Waals surface area contributed by atoms with Gasteiger partial charge in [-0.15, -0.1) is 0 Å². The van der Waals surface area contributed by atoms with Crippen molar-refractivity contribution in [3.05, 3.63) is 96.4 Å². The van der Waals surface area contributed by atoms with Crippen LogP contribution in [0.15, 0.2) is 90.1 Å². The molecule has 1 heterocycles. The molecule has 0 N–H and O–H groups in total. The summed E-state index contributed by atoms with van der Waals surface area (Å²) >= 11 is 0. The van der Waals surface area contributed by atoms with Crippen LogP contribution < -0.4 is 0 Å². The van der Waals surface area contributed by atoms with Crippen LogP contribution in [-0.2, 0) is 15.6 Å². The highest BCUT2D eigenvalue weighted by Crippen LogP contribution is 2.27. The molecule has 0 aliphatic heterocycles. The van der Waals surface area contributed by atoms with Crippen LogP contribution in [0.5, 0.6) is 0 Å². The Morgan fingerprint density at radius 2 is 1.52 bits per heavy atom. The van der Waals surface area contributed by atoms with Gasteiger partial charge in [0.1, 0.15) is 5.82 Å². The van der Waals surface area contributed by atoms with Gasteiger partial charge in [-0.3, -0.25) is 0 Å². The van der Waals surface area contributed by atoms with Gasteiger partial charge in [-0.05, 0) is 28.0 Å². The van der Waals surface area contributed by atoms with Crippen LogP contribution in [0, 0.1) is 5.82 Å². The van der Waals surface area contributed by atoms with Gasteiger partial charge in [-0.25, -0.2) is 17.8 Å². The van der Waals surface area contributed by atoms with Gasteiger partial charge in [0.15, 0.2) is 14.9 Å². The van der Waals surface area contributed by atoms with Gasteiger partial charge in [0, 0.05) is 17.8 Å². The molecule has 5 heteroatoms. The molecule has 3 nitrogen and oxygen atoms in total. The van der Waals surface area contributed by atoms with Crippen LogP contribution in [0.4, 0.5) is 4.39 Å². The van der Waals surface area contributed by atoms with Crippen LogP contribution in [0.1, 0.15) is 5.56 Å². The van der Waals surface area contributed by atoms with Gasteiger partial charge in [0.25, 0.3) is 0 Å². The minimum atomic E-state index is -3.72. The van der Waals surface area contributed by atoms with Gasteiger partial charge in [0.05, 0.1) is 5.75 Å². The third-order valence-corrected chi connectivity index (χ3v) is 5.98. The Balaban J connectivity index is 1.69. The first-order chi connectivity index (χ1) is 13.0. The monoisotopic (exact) mass is 377 g/mol. The highest BCUT2D eigenvalue weighted by molar-refractivity contribution is 7.90. The van der Waals surface area contributed by atoms with E-state index < -0.39 is 15.7 Å². The topological polar surface area (TPSA) is 47.0 Å². The maximum Gasteiger partial charge on any atom is 0.199 e. The van der Waals surface area contributed by atoms with Crippen LogP contribution in [0.25, 0.3) is 21.9 Å². The third kappa shape index (κ3) is 3.59. The first-order valence-electron chi connectivity index (χ1n) is 8.44. The summed E-state index contributed by atoms with van der Waals surface area (Å²) in [5.74, 6) is -0.817. The molecular weight excluding hydrogens is 361 g/mol.